The van der Waals surface area contributed by atoms with E-state index >= 15 is 0 Å². The minimum Gasteiger partial charge on any atom is -0.468 e. The van der Waals surface area contributed by atoms with Gasteiger partial charge in [-0.1, -0.05) is 30.3 Å². The van der Waals surface area contributed by atoms with Gasteiger partial charge in [-0.05, 0) is 31.2 Å². The van der Waals surface area contributed by atoms with Gasteiger partial charge in [0.2, 0.25) is 0 Å². The molecule has 0 aliphatic rings. The van der Waals surface area contributed by atoms with Crippen LogP contribution in [0.4, 0.5) is 0 Å². The molecule has 0 spiro atoms. The summed E-state index contributed by atoms with van der Waals surface area (Å²) in [5, 5.41) is 0. The predicted octanol–water partition coefficient (Wildman–Crippen LogP) is 2.28. The molecule has 1 atom stereocenters. The molecule has 0 amide bonds. The Morgan fingerprint density at radius 1 is 1.17 bits per heavy atom. The summed E-state index contributed by atoms with van der Waals surface area (Å²) < 4.78 is 5.37. The Kier molecular flexibility index (Phi) is 4.56. The molecule has 3 nitrogen and oxygen atoms in total. The molecule has 0 saturated heterocycles. The van der Waals surface area contributed by atoms with Gasteiger partial charge in [0, 0.05) is 12.6 Å². The summed E-state index contributed by atoms with van der Waals surface area (Å²) in [5.74, 6) is 0.976. The van der Waals surface area contributed by atoms with E-state index in [4.69, 9.17) is 10.2 Å². The summed E-state index contributed by atoms with van der Waals surface area (Å²) in [7, 11) is 2.09. The van der Waals surface area contributed by atoms with Crippen molar-refractivity contribution in [3.63, 3.8) is 0 Å². The maximum Gasteiger partial charge on any atom is 0.117 e. The zero-order valence-corrected chi connectivity index (χ0v) is 10.8. The summed E-state index contributed by atoms with van der Waals surface area (Å²) in [6.45, 7) is 1.44. The number of hydrogen-bond acceptors (Lipinski definition) is 3. The average Bonchev–Trinajstić information content (AvgIpc) is 2.90. The molecule has 18 heavy (non-hydrogen) atoms. The van der Waals surface area contributed by atoms with Crippen LogP contribution in [-0.4, -0.2) is 24.5 Å². The minimum atomic E-state index is 0.331. The highest BCUT2D eigenvalue weighted by molar-refractivity contribution is 5.16. The van der Waals surface area contributed by atoms with Crippen molar-refractivity contribution >= 4 is 0 Å². The zero-order chi connectivity index (χ0) is 12.8. The first-order chi connectivity index (χ1) is 8.79. The Hall–Kier alpha value is -1.58. The topological polar surface area (TPSA) is 42.4 Å². The van der Waals surface area contributed by atoms with Gasteiger partial charge < -0.3 is 10.2 Å². The second-order valence-electron chi connectivity index (χ2n) is 4.57. The molecule has 1 aromatic carbocycles. The first-order valence-corrected chi connectivity index (χ1v) is 6.26. The normalized spacial score (nSPS) is 12.8. The van der Waals surface area contributed by atoms with E-state index in [0.717, 1.165) is 18.7 Å². The van der Waals surface area contributed by atoms with Gasteiger partial charge in [-0.2, -0.15) is 0 Å². The van der Waals surface area contributed by atoms with Crippen LogP contribution in [0.2, 0.25) is 0 Å². The predicted molar refractivity (Wildman–Crippen MR) is 73.2 cm³/mol. The van der Waals surface area contributed by atoms with E-state index in [1.54, 1.807) is 6.26 Å². The maximum atomic E-state index is 5.88. The quantitative estimate of drug-likeness (QED) is 0.847. The molecular weight excluding hydrogens is 224 g/mol. The van der Waals surface area contributed by atoms with Gasteiger partial charge in [0.05, 0.1) is 12.8 Å². The van der Waals surface area contributed by atoms with E-state index in [0.29, 0.717) is 12.6 Å². The highest BCUT2D eigenvalue weighted by Gasteiger charge is 2.14. The van der Waals surface area contributed by atoms with Crippen LogP contribution >= 0.6 is 0 Å². The second-order valence-corrected chi connectivity index (χ2v) is 4.57. The lowest BCUT2D eigenvalue weighted by Gasteiger charge is -2.26. The molecule has 1 aromatic heterocycles. The number of nitrogens with zero attached hydrogens (tertiary/aromatic N) is 1. The van der Waals surface area contributed by atoms with Crippen LogP contribution in [-0.2, 0) is 13.0 Å². The lowest BCUT2D eigenvalue weighted by molar-refractivity contribution is 0.219. The number of furan rings is 1. The molecule has 0 saturated carbocycles. The summed E-state index contributed by atoms with van der Waals surface area (Å²) in [4.78, 5) is 2.24. The van der Waals surface area contributed by atoms with Crippen molar-refractivity contribution < 1.29 is 4.42 Å². The summed E-state index contributed by atoms with van der Waals surface area (Å²) in [6, 6.07) is 14.7. The van der Waals surface area contributed by atoms with Gasteiger partial charge in [0.15, 0.2) is 0 Å². The fraction of sp³-hybridized carbons (Fsp3) is 0.333. The Morgan fingerprint density at radius 3 is 2.56 bits per heavy atom. The Balaban J connectivity index is 1.95. The monoisotopic (exact) mass is 244 g/mol. The number of benzene rings is 1. The van der Waals surface area contributed by atoms with Crippen molar-refractivity contribution in [3.05, 3.63) is 60.1 Å². The van der Waals surface area contributed by atoms with E-state index < -0.39 is 0 Å². The molecule has 96 valence electrons. The van der Waals surface area contributed by atoms with E-state index in [1.807, 2.05) is 18.2 Å². The lowest BCUT2D eigenvalue weighted by Crippen LogP contribution is -2.39. The molecular formula is C15H20N2O. The molecule has 1 heterocycles. The van der Waals surface area contributed by atoms with Gasteiger partial charge in [0.1, 0.15) is 5.76 Å². The van der Waals surface area contributed by atoms with Crippen LogP contribution in [0.3, 0.4) is 0 Å². The van der Waals surface area contributed by atoms with E-state index in [2.05, 4.69) is 36.2 Å². The van der Waals surface area contributed by atoms with Crippen LogP contribution in [0.15, 0.2) is 53.1 Å². The molecule has 2 aromatic rings. The second kappa shape index (κ2) is 6.38. The van der Waals surface area contributed by atoms with Gasteiger partial charge in [-0.25, -0.2) is 0 Å². The zero-order valence-electron chi connectivity index (χ0n) is 10.8. The van der Waals surface area contributed by atoms with Crippen molar-refractivity contribution in [1.82, 2.24) is 4.90 Å². The molecule has 0 aliphatic heterocycles. The van der Waals surface area contributed by atoms with Gasteiger partial charge in [0.25, 0.3) is 0 Å². The molecule has 2 rings (SSSR count). The molecule has 0 fully saturated rings. The van der Waals surface area contributed by atoms with Crippen LogP contribution < -0.4 is 5.73 Å². The summed E-state index contributed by atoms with van der Waals surface area (Å²) >= 11 is 0. The van der Waals surface area contributed by atoms with Gasteiger partial charge >= 0.3 is 0 Å². The third-order valence-corrected chi connectivity index (χ3v) is 3.19. The van der Waals surface area contributed by atoms with Crippen molar-refractivity contribution in [1.29, 1.82) is 0 Å². The molecule has 3 heteroatoms. The van der Waals surface area contributed by atoms with Crippen molar-refractivity contribution in [2.45, 2.75) is 19.0 Å². The third-order valence-electron chi connectivity index (χ3n) is 3.19. The van der Waals surface area contributed by atoms with Crippen molar-refractivity contribution in [2.75, 3.05) is 13.6 Å². The van der Waals surface area contributed by atoms with Crippen LogP contribution in [0.25, 0.3) is 0 Å². The SMILES string of the molecule is CN(Cc1ccco1)C(CN)Cc1ccccc1. The van der Waals surface area contributed by atoms with Crippen LogP contribution in [0, 0.1) is 0 Å². The highest BCUT2D eigenvalue weighted by Crippen LogP contribution is 2.11. The largest absolute Gasteiger partial charge is 0.468 e. The molecule has 0 radical (unpaired) electrons. The number of rotatable bonds is 6. The average molecular weight is 244 g/mol. The highest BCUT2D eigenvalue weighted by atomic mass is 16.3. The summed E-state index contributed by atoms with van der Waals surface area (Å²) in [5.41, 5.74) is 7.20. The lowest BCUT2D eigenvalue weighted by atomic mass is 10.0. The number of nitrogens with two attached hydrogens (primary N) is 1. The fourth-order valence-corrected chi connectivity index (χ4v) is 2.08. The third kappa shape index (κ3) is 3.45. The fourth-order valence-electron chi connectivity index (χ4n) is 2.08. The molecule has 1 unspecified atom stereocenters. The Bertz CT molecular complexity index is 439. The minimum absolute atomic E-state index is 0.331. The van der Waals surface area contributed by atoms with E-state index in [-0.39, 0.29) is 0 Å². The molecule has 0 aliphatic carbocycles. The van der Waals surface area contributed by atoms with E-state index in [1.165, 1.54) is 5.56 Å². The van der Waals surface area contributed by atoms with E-state index in [9.17, 15) is 0 Å². The van der Waals surface area contributed by atoms with Crippen LogP contribution in [0.1, 0.15) is 11.3 Å². The van der Waals surface area contributed by atoms with Gasteiger partial charge in [-0.15, -0.1) is 0 Å². The molecule has 2 N–H and O–H groups in total. The Morgan fingerprint density at radius 2 is 1.94 bits per heavy atom. The van der Waals surface area contributed by atoms with Crippen molar-refractivity contribution in [3.8, 4) is 0 Å². The smallest absolute Gasteiger partial charge is 0.117 e. The summed E-state index contributed by atoms with van der Waals surface area (Å²) in [6.07, 6.45) is 2.67. The van der Waals surface area contributed by atoms with Gasteiger partial charge in [-0.3, -0.25) is 4.90 Å². The first-order valence-electron chi connectivity index (χ1n) is 6.26. The number of hydrogen-bond donors (Lipinski definition) is 1. The van der Waals surface area contributed by atoms with Crippen molar-refractivity contribution in [2.24, 2.45) is 5.73 Å². The number of likely N-dealkylation sites (N-methyl/N-ethyl adjacent to an activating group) is 1. The standard InChI is InChI=1S/C15H20N2O/c1-17(12-15-8-5-9-18-15)14(11-16)10-13-6-3-2-4-7-13/h2-9,14H,10-12,16H2,1H3. The van der Waals surface area contributed by atoms with Crippen LogP contribution in [0.5, 0.6) is 0 Å². The first kappa shape index (κ1) is 12.9. The Labute approximate surface area is 108 Å². The molecule has 0 bridgehead atoms. The maximum absolute atomic E-state index is 5.88.